The molecule has 1 aliphatic carbocycles. The molecular formula is C12H21N3O2. The first-order valence-corrected chi connectivity index (χ1v) is 6.33. The van der Waals surface area contributed by atoms with Gasteiger partial charge in [-0.05, 0) is 44.7 Å². The van der Waals surface area contributed by atoms with E-state index in [1.54, 1.807) is 0 Å². The fraction of sp³-hybridized carbons (Fsp3) is 0.833. The number of piperidine rings is 1. The van der Waals surface area contributed by atoms with Crippen LogP contribution in [0.3, 0.4) is 0 Å². The van der Waals surface area contributed by atoms with Crippen LogP contribution in [0.1, 0.15) is 32.6 Å². The number of hydrogen-bond donors (Lipinski definition) is 3. The second kappa shape index (κ2) is 4.64. The monoisotopic (exact) mass is 239 g/mol. The molecule has 2 fully saturated rings. The minimum atomic E-state index is -0.370. The van der Waals surface area contributed by atoms with E-state index in [0.717, 1.165) is 32.4 Å². The van der Waals surface area contributed by atoms with Gasteiger partial charge in [0.15, 0.2) is 0 Å². The number of nitrogens with one attached hydrogen (secondary N) is 2. The van der Waals surface area contributed by atoms with E-state index in [0.29, 0.717) is 0 Å². The third-order valence-electron chi connectivity index (χ3n) is 4.00. The minimum absolute atomic E-state index is 0.0978. The largest absolute Gasteiger partial charge is 0.370 e. The Hall–Kier alpha value is -1.10. The zero-order chi connectivity index (χ0) is 12.5. The van der Waals surface area contributed by atoms with Crippen LogP contribution in [0.25, 0.3) is 0 Å². The number of hydrogen-bond acceptors (Lipinski definition) is 3. The van der Waals surface area contributed by atoms with Crippen molar-refractivity contribution in [3.63, 3.8) is 0 Å². The average molecular weight is 239 g/mol. The third kappa shape index (κ3) is 2.77. The van der Waals surface area contributed by atoms with Crippen LogP contribution in [0.4, 0.5) is 0 Å². The number of nitrogens with two attached hydrogens (primary N) is 1. The van der Waals surface area contributed by atoms with Crippen LogP contribution in [0.15, 0.2) is 0 Å². The number of carbonyl (C=O) groups is 2. The molecule has 0 aromatic carbocycles. The van der Waals surface area contributed by atoms with Crippen LogP contribution in [0.2, 0.25) is 0 Å². The van der Waals surface area contributed by atoms with Gasteiger partial charge in [-0.25, -0.2) is 0 Å². The summed E-state index contributed by atoms with van der Waals surface area (Å²) in [5, 5.41) is 6.20. The maximum atomic E-state index is 12.0. The first-order chi connectivity index (χ1) is 8.03. The van der Waals surface area contributed by atoms with Crippen molar-refractivity contribution in [2.75, 3.05) is 13.1 Å². The number of rotatable bonds is 4. The summed E-state index contributed by atoms with van der Waals surface area (Å²) in [6.07, 6.45) is 3.40. The van der Waals surface area contributed by atoms with Gasteiger partial charge in [0.1, 0.15) is 0 Å². The van der Waals surface area contributed by atoms with Crippen molar-refractivity contribution in [1.82, 2.24) is 10.6 Å². The summed E-state index contributed by atoms with van der Waals surface area (Å²) < 4.78 is 0. The Bertz CT molecular complexity index is 324. The second-order valence-electron chi connectivity index (χ2n) is 5.45. The van der Waals surface area contributed by atoms with Crippen molar-refractivity contribution in [2.45, 2.75) is 38.6 Å². The van der Waals surface area contributed by atoms with E-state index in [4.69, 9.17) is 5.73 Å². The fourth-order valence-corrected chi connectivity index (χ4v) is 2.89. The Morgan fingerprint density at radius 2 is 2.12 bits per heavy atom. The van der Waals surface area contributed by atoms with Crippen molar-refractivity contribution in [2.24, 2.45) is 17.1 Å². The first-order valence-electron chi connectivity index (χ1n) is 6.33. The molecule has 17 heavy (non-hydrogen) atoms. The van der Waals surface area contributed by atoms with Crippen LogP contribution in [-0.4, -0.2) is 30.9 Å². The average Bonchev–Trinajstić information content (AvgIpc) is 2.92. The molecule has 1 spiro atoms. The van der Waals surface area contributed by atoms with Gasteiger partial charge in [-0.15, -0.1) is 0 Å². The predicted octanol–water partition coefficient (Wildman–Crippen LogP) is -0.244. The molecule has 0 bridgehead atoms. The second-order valence-corrected chi connectivity index (χ2v) is 5.45. The van der Waals surface area contributed by atoms with Crippen LogP contribution in [-0.2, 0) is 9.59 Å². The lowest BCUT2D eigenvalue weighted by molar-refractivity contribution is -0.124. The molecule has 5 nitrogen and oxygen atoms in total. The van der Waals surface area contributed by atoms with E-state index in [1.165, 1.54) is 0 Å². The third-order valence-corrected chi connectivity index (χ3v) is 4.00. The maximum absolute atomic E-state index is 12.0. The highest BCUT2D eigenvalue weighted by Crippen LogP contribution is 2.58. The van der Waals surface area contributed by atoms with Gasteiger partial charge in [-0.1, -0.05) is 0 Å². The summed E-state index contributed by atoms with van der Waals surface area (Å²) in [5.74, 6) is -0.120. The van der Waals surface area contributed by atoms with E-state index in [9.17, 15) is 9.59 Å². The summed E-state index contributed by atoms with van der Waals surface area (Å²) >= 11 is 0. The highest BCUT2D eigenvalue weighted by molar-refractivity contribution is 5.83. The first kappa shape index (κ1) is 12.4. The number of primary amides is 1. The Balaban J connectivity index is 1.80. The Labute approximate surface area is 102 Å². The Morgan fingerprint density at radius 3 is 2.71 bits per heavy atom. The zero-order valence-corrected chi connectivity index (χ0v) is 10.3. The predicted molar refractivity (Wildman–Crippen MR) is 64.1 cm³/mol. The quantitative estimate of drug-likeness (QED) is 0.633. The van der Waals surface area contributed by atoms with Crippen molar-refractivity contribution in [3.05, 3.63) is 0 Å². The molecule has 4 N–H and O–H groups in total. The molecule has 2 aliphatic rings. The molecule has 0 radical (unpaired) electrons. The highest BCUT2D eigenvalue weighted by Gasteiger charge is 2.57. The molecule has 0 aromatic rings. The lowest BCUT2D eigenvalue weighted by atomic mass is 9.91. The van der Waals surface area contributed by atoms with Gasteiger partial charge in [0.05, 0.1) is 0 Å². The molecule has 1 heterocycles. The van der Waals surface area contributed by atoms with Gasteiger partial charge in [-0.3, -0.25) is 9.59 Å². The molecule has 96 valence electrons. The van der Waals surface area contributed by atoms with Gasteiger partial charge in [0.2, 0.25) is 11.8 Å². The zero-order valence-electron chi connectivity index (χ0n) is 10.3. The molecule has 5 heteroatoms. The van der Waals surface area contributed by atoms with Crippen LogP contribution in [0.5, 0.6) is 0 Å². The van der Waals surface area contributed by atoms with Gasteiger partial charge in [-0.2, -0.15) is 0 Å². The Morgan fingerprint density at radius 1 is 1.47 bits per heavy atom. The molecule has 2 rings (SSSR count). The Kier molecular flexibility index (Phi) is 3.38. The molecule has 2 atom stereocenters. The topological polar surface area (TPSA) is 84.2 Å². The fourth-order valence-electron chi connectivity index (χ4n) is 2.89. The number of carbonyl (C=O) groups excluding carboxylic acids is 2. The lowest BCUT2D eigenvalue weighted by Gasteiger charge is -2.23. The molecule has 2 amide bonds. The van der Waals surface area contributed by atoms with Crippen molar-refractivity contribution < 1.29 is 9.59 Å². The molecule has 1 saturated heterocycles. The van der Waals surface area contributed by atoms with E-state index < -0.39 is 0 Å². The van der Waals surface area contributed by atoms with Crippen LogP contribution >= 0.6 is 0 Å². The summed E-state index contributed by atoms with van der Waals surface area (Å²) in [7, 11) is 0. The van der Waals surface area contributed by atoms with Crippen LogP contribution < -0.4 is 16.4 Å². The number of amides is 2. The SMILES string of the molecule is CC(CC(N)=O)NC(=O)C1CC12CCNCC2. The standard InChI is InChI=1S/C12H21N3O2/c1-8(6-10(13)16)15-11(17)9-7-12(9)2-4-14-5-3-12/h8-9,14H,2-7H2,1H3,(H2,13,16)(H,15,17). The van der Waals surface area contributed by atoms with E-state index in [1.807, 2.05) is 6.92 Å². The summed E-state index contributed by atoms with van der Waals surface area (Å²) in [6.45, 7) is 3.85. The molecule has 1 saturated carbocycles. The smallest absolute Gasteiger partial charge is 0.223 e. The minimum Gasteiger partial charge on any atom is -0.370 e. The molecular weight excluding hydrogens is 218 g/mol. The summed E-state index contributed by atoms with van der Waals surface area (Å²) in [4.78, 5) is 22.7. The molecule has 2 unspecified atom stereocenters. The van der Waals surface area contributed by atoms with Crippen molar-refractivity contribution in [1.29, 1.82) is 0 Å². The van der Waals surface area contributed by atoms with Gasteiger partial charge >= 0.3 is 0 Å². The van der Waals surface area contributed by atoms with E-state index in [-0.39, 0.29) is 35.6 Å². The van der Waals surface area contributed by atoms with Gasteiger partial charge < -0.3 is 16.4 Å². The normalized spacial score (nSPS) is 27.5. The van der Waals surface area contributed by atoms with Gasteiger partial charge in [0.25, 0.3) is 0 Å². The van der Waals surface area contributed by atoms with E-state index in [2.05, 4.69) is 10.6 Å². The van der Waals surface area contributed by atoms with Crippen LogP contribution in [0, 0.1) is 11.3 Å². The van der Waals surface area contributed by atoms with Crippen molar-refractivity contribution >= 4 is 11.8 Å². The summed E-state index contributed by atoms with van der Waals surface area (Å²) in [6, 6.07) is -0.153. The summed E-state index contributed by atoms with van der Waals surface area (Å²) in [5.41, 5.74) is 5.35. The van der Waals surface area contributed by atoms with E-state index >= 15 is 0 Å². The van der Waals surface area contributed by atoms with Gasteiger partial charge in [0, 0.05) is 18.4 Å². The molecule has 0 aromatic heterocycles. The van der Waals surface area contributed by atoms with Crippen molar-refractivity contribution in [3.8, 4) is 0 Å². The highest BCUT2D eigenvalue weighted by atomic mass is 16.2. The lowest BCUT2D eigenvalue weighted by Crippen LogP contribution is -2.39. The molecule has 1 aliphatic heterocycles. The maximum Gasteiger partial charge on any atom is 0.223 e.